The summed E-state index contributed by atoms with van der Waals surface area (Å²) in [5.74, 6) is -0.770. The van der Waals surface area contributed by atoms with E-state index >= 15 is 0 Å². The first kappa shape index (κ1) is 12.6. The van der Waals surface area contributed by atoms with Gasteiger partial charge in [0, 0.05) is 10.6 Å². The molecular weight excluding hydrogens is 251 g/mol. The lowest BCUT2D eigenvalue weighted by molar-refractivity contribution is -0.118. The van der Waals surface area contributed by atoms with Crippen LogP contribution in [0.2, 0.25) is 0 Å². The Hall–Kier alpha value is -1.88. The van der Waals surface area contributed by atoms with E-state index in [1.807, 2.05) is 18.4 Å². The van der Waals surface area contributed by atoms with Gasteiger partial charge in [0.15, 0.2) is 0 Å². The van der Waals surface area contributed by atoms with Crippen molar-refractivity contribution < 1.29 is 9.18 Å². The first-order valence-corrected chi connectivity index (χ1v) is 6.31. The van der Waals surface area contributed by atoms with Crippen molar-refractivity contribution in [2.75, 3.05) is 5.32 Å². The summed E-state index contributed by atoms with van der Waals surface area (Å²) in [7, 11) is 0. The maximum Gasteiger partial charge on any atom is 0.245 e. The van der Waals surface area contributed by atoms with Crippen LogP contribution >= 0.6 is 11.3 Å². The Morgan fingerprint density at radius 1 is 1.33 bits per heavy atom. The third kappa shape index (κ3) is 2.68. The molecule has 0 aliphatic rings. The van der Waals surface area contributed by atoms with Crippen molar-refractivity contribution in [3.8, 4) is 0 Å². The standard InChI is InChI=1S/C13H13FN2OS/c1-8-6-7-18-12(8)11(13(15)17)16-10-4-2-9(14)3-5-10/h2-7,11,16H,1H3,(H2,15,17). The molecule has 0 radical (unpaired) electrons. The van der Waals surface area contributed by atoms with Crippen molar-refractivity contribution in [3.05, 3.63) is 52.0 Å². The zero-order valence-corrected chi connectivity index (χ0v) is 10.6. The van der Waals surface area contributed by atoms with E-state index in [0.717, 1.165) is 10.4 Å². The van der Waals surface area contributed by atoms with Gasteiger partial charge in [-0.05, 0) is 48.2 Å². The molecule has 1 heterocycles. The molecular formula is C13H13FN2OS. The summed E-state index contributed by atoms with van der Waals surface area (Å²) in [4.78, 5) is 12.4. The summed E-state index contributed by atoms with van der Waals surface area (Å²) >= 11 is 1.47. The third-order valence-electron chi connectivity index (χ3n) is 2.60. The molecule has 0 aliphatic heterocycles. The molecule has 0 saturated heterocycles. The lowest BCUT2D eigenvalue weighted by atomic mass is 10.1. The molecule has 1 atom stereocenters. The van der Waals surface area contributed by atoms with Crippen molar-refractivity contribution in [1.29, 1.82) is 0 Å². The summed E-state index contributed by atoms with van der Waals surface area (Å²) in [6.07, 6.45) is 0. The molecule has 1 amide bonds. The number of aryl methyl sites for hydroxylation is 1. The van der Waals surface area contributed by atoms with E-state index in [2.05, 4.69) is 5.32 Å². The Bertz CT molecular complexity index is 550. The number of nitrogens with one attached hydrogen (secondary N) is 1. The molecule has 5 heteroatoms. The van der Waals surface area contributed by atoms with Crippen molar-refractivity contribution in [3.63, 3.8) is 0 Å². The molecule has 0 fully saturated rings. The third-order valence-corrected chi connectivity index (χ3v) is 3.69. The van der Waals surface area contributed by atoms with Gasteiger partial charge in [-0.1, -0.05) is 0 Å². The molecule has 18 heavy (non-hydrogen) atoms. The van der Waals surface area contributed by atoms with Crippen molar-refractivity contribution >= 4 is 22.9 Å². The van der Waals surface area contributed by atoms with E-state index in [1.54, 1.807) is 12.1 Å². The molecule has 1 unspecified atom stereocenters. The van der Waals surface area contributed by atoms with E-state index in [1.165, 1.54) is 23.5 Å². The van der Waals surface area contributed by atoms with Gasteiger partial charge in [0.2, 0.25) is 5.91 Å². The molecule has 3 N–H and O–H groups in total. The molecule has 3 nitrogen and oxygen atoms in total. The van der Waals surface area contributed by atoms with E-state index < -0.39 is 11.9 Å². The topological polar surface area (TPSA) is 55.1 Å². The molecule has 2 aromatic rings. The Balaban J connectivity index is 2.25. The Labute approximate surface area is 108 Å². The molecule has 1 aromatic carbocycles. The van der Waals surface area contributed by atoms with Crippen LogP contribution in [0.5, 0.6) is 0 Å². The number of benzene rings is 1. The normalized spacial score (nSPS) is 12.1. The average molecular weight is 264 g/mol. The summed E-state index contributed by atoms with van der Waals surface area (Å²) < 4.78 is 12.8. The van der Waals surface area contributed by atoms with E-state index in [9.17, 15) is 9.18 Å². The lowest BCUT2D eigenvalue weighted by Crippen LogP contribution is -2.27. The molecule has 94 valence electrons. The minimum atomic E-state index is -0.588. The highest BCUT2D eigenvalue weighted by molar-refractivity contribution is 7.10. The first-order chi connectivity index (χ1) is 8.58. The number of carbonyl (C=O) groups is 1. The second-order valence-electron chi connectivity index (χ2n) is 3.95. The maximum absolute atomic E-state index is 12.8. The lowest BCUT2D eigenvalue weighted by Gasteiger charge is -2.16. The highest BCUT2D eigenvalue weighted by atomic mass is 32.1. The van der Waals surface area contributed by atoms with Crippen LogP contribution in [0, 0.1) is 12.7 Å². The number of halogens is 1. The van der Waals surface area contributed by atoms with E-state index in [4.69, 9.17) is 5.73 Å². The molecule has 0 saturated carbocycles. The Morgan fingerprint density at radius 2 is 2.00 bits per heavy atom. The second kappa shape index (κ2) is 5.18. The van der Waals surface area contributed by atoms with Gasteiger partial charge in [0.1, 0.15) is 11.9 Å². The van der Waals surface area contributed by atoms with Gasteiger partial charge in [0.25, 0.3) is 0 Å². The van der Waals surface area contributed by atoms with Gasteiger partial charge in [0.05, 0.1) is 0 Å². The highest BCUT2D eigenvalue weighted by Crippen LogP contribution is 2.27. The van der Waals surface area contributed by atoms with Crippen LogP contribution in [-0.4, -0.2) is 5.91 Å². The van der Waals surface area contributed by atoms with E-state index in [0.29, 0.717) is 5.69 Å². The van der Waals surface area contributed by atoms with Gasteiger partial charge in [-0.15, -0.1) is 11.3 Å². The number of anilines is 1. The van der Waals surface area contributed by atoms with E-state index in [-0.39, 0.29) is 5.82 Å². The predicted octanol–water partition coefficient (Wildman–Crippen LogP) is 2.83. The molecule has 0 aliphatic carbocycles. The average Bonchev–Trinajstić information content (AvgIpc) is 2.74. The summed E-state index contributed by atoms with van der Waals surface area (Å²) in [6, 6.07) is 7.17. The van der Waals surface area contributed by atoms with Gasteiger partial charge in [-0.3, -0.25) is 4.79 Å². The van der Waals surface area contributed by atoms with Crippen LogP contribution in [0.4, 0.5) is 10.1 Å². The minimum Gasteiger partial charge on any atom is -0.369 e. The van der Waals surface area contributed by atoms with Crippen LogP contribution in [0.1, 0.15) is 16.5 Å². The zero-order chi connectivity index (χ0) is 13.1. The smallest absolute Gasteiger partial charge is 0.245 e. The Morgan fingerprint density at radius 3 is 2.50 bits per heavy atom. The fourth-order valence-electron chi connectivity index (χ4n) is 1.66. The van der Waals surface area contributed by atoms with Gasteiger partial charge < -0.3 is 11.1 Å². The summed E-state index contributed by atoms with van der Waals surface area (Å²) in [6.45, 7) is 1.92. The molecule has 0 spiro atoms. The van der Waals surface area contributed by atoms with Gasteiger partial charge in [-0.25, -0.2) is 4.39 Å². The quantitative estimate of drug-likeness (QED) is 0.892. The van der Waals surface area contributed by atoms with Crippen molar-refractivity contribution in [2.24, 2.45) is 5.73 Å². The molecule has 0 bridgehead atoms. The highest BCUT2D eigenvalue weighted by Gasteiger charge is 2.20. The fraction of sp³-hybridized carbons (Fsp3) is 0.154. The number of carbonyl (C=O) groups excluding carboxylic acids is 1. The number of thiophene rings is 1. The van der Waals surface area contributed by atoms with Crippen LogP contribution in [0.15, 0.2) is 35.7 Å². The fourth-order valence-corrected chi connectivity index (χ4v) is 2.64. The van der Waals surface area contributed by atoms with Gasteiger partial charge >= 0.3 is 0 Å². The van der Waals surface area contributed by atoms with Crippen LogP contribution < -0.4 is 11.1 Å². The summed E-state index contributed by atoms with van der Waals surface area (Å²) in [5.41, 5.74) is 7.08. The second-order valence-corrected chi connectivity index (χ2v) is 4.90. The number of primary amides is 1. The SMILES string of the molecule is Cc1ccsc1C(Nc1ccc(F)cc1)C(N)=O. The number of hydrogen-bond donors (Lipinski definition) is 2. The van der Waals surface area contributed by atoms with Gasteiger partial charge in [-0.2, -0.15) is 0 Å². The zero-order valence-electron chi connectivity index (χ0n) is 9.81. The predicted molar refractivity (Wildman–Crippen MR) is 71.0 cm³/mol. The van der Waals surface area contributed by atoms with Crippen molar-refractivity contribution in [1.82, 2.24) is 0 Å². The number of hydrogen-bond acceptors (Lipinski definition) is 3. The number of amides is 1. The maximum atomic E-state index is 12.8. The first-order valence-electron chi connectivity index (χ1n) is 5.43. The number of nitrogens with two attached hydrogens (primary N) is 1. The number of rotatable bonds is 4. The Kier molecular flexibility index (Phi) is 3.62. The van der Waals surface area contributed by atoms with Crippen LogP contribution in [-0.2, 0) is 4.79 Å². The molecule has 1 aromatic heterocycles. The monoisotopic (exact) mass is 264 g/mol. The molecule has 2 rings (SSSR count). The summed E-state index contributed by atoms with van der Waals surface area (Å²) in [5, 5.41) is 4.93. The van der Waals surface area contributed by atoms with Crippen LogP contribution in [0.3, 0.4) is 0 Å². The van der Waals surface area contributed by atoms with Crippen molar-refractivity contribution in [2.45, 2.75) is 13.0 Å². The largest absolute Gasteiger partial charge is 0.369 e. The van der Waals surface area contributed by atoms with Crippen LogP contribution in [0.25, 0.3) is 0 Å². The minimum absolute atomic E-state index is 0.316.